The van der Waals surface area contributed by atoms with E-state index >= 15 is 0 Å². The van der Waals surface area contributed by atoms with Gasteiger partial charge in [0.25, 0.3) is 0 Å². The van der Waals surface area contributed by atoms with Crippen LogP contribution in [0.3, 0.4) is 0 Å². The summed E-state index contributed by atoms with van der Waals surface area (Å²) in [6, 6.07) is 11.6. The molecule has 0 aromatic heterocycles. The lowest BCUT2D eigenvalue weighted by Gasteiger charge is -2.28. The number of rotatable bonds is 3. The average molecular weight is 242 g/mol. The van der Waals surface area contributed by atoms with E-state index in [9.17, 15) is 4.79 Å². The molecule has 1 saturated carbocycles. The standard InChI is InChI=1S/C14H14N2O2/c15-7-6-12-8-13(9-12)16-14(17)18-10-11-4-2-1-3-5-11/h1-6,13H,8-10H2,(H,16,17). The second-order valence-electron chi connectivity index (χ2n) is 4.24. The molecule has 92 valence electrons. The van der Waals surface area contributed by atoms with E-state index in [0.717, 1.165) is 24.0 Å². The Morgan fingerprint density at radius 2 is 2.17 bits per heavy atom. The van der Waals surface area contributed by atoms with Gasteiger partial charge in [0.2, 0.25) is 0 Å². The fourth-order valence-electron chi connectivity index (χ4n) is 1.82. The van der Waals surface area contributed by atoms with Crippen LogP contribution in [0.15, 0.2) is 42.0 Å². The first kappa shape index (κ1) is 12.2. The molecule has 1 amide bonds. The summed E-state index contributed by atoms with van der Waals surface area (Å²) in [6.45, 7) is 0.278. The number of allylic oxidation sites excluding steroid dienone is 1. The molecular weight excluding hydrogens is 228 g/mol. The van der Waals surface area contributed by atoms with Crippen molar-refractivity contribution in [1.29, 1.82) is 5.26 Å². The van der Waals surface area contributed by atoms with E-state index in [2.05, 4.69) is 5.32 Å². The van der Waals surface area contributed by atoms with Crippen LogP contribution >= 0.6 is 0 Å². The minimum atomic E-state index is -0.403. The van der Waals surface area contributed by atoms with Gasteiger partial charge < -0.3 is 10.1 Å². The van der Waals surface area contributed by atoms with E-state index in [1.54, 1.807) is 0 Å². The highest BCUT2D eigenvalue weighted by Gasteiger charge is 2.24. The Kier molecular flexibility index (Phi) is 3.98. The zero-order valence-corrected chi connectivity index (χ0v) is 9.93. The number of carbonyl (C=O) groups is 1. The van der Waals surface area contributed by atoms with Gasteiger partial charge in [-0.1, -0.05) is 35.9 Å². The van der Waals surface area contributed by atoms with Gasteiger partial charge in [0.1, 0.15) is 6.61 Å². The smallest absolute Gasteiger partial charge is 0.407 e. The minimum Gasteiger partial charge on any atom is -0.445 e. The third-order valence-corrected chi connectivity index (χ3v) is 2.82. The number of hydrogen-bond acceptors (Lipinski definition) is 3. The number of amides is 1. The maximum absolute atomic E-state index is 11.5. The summed E-state index contributed by atoms with van der Waals surface area (Å²) in [5, 5.41) is 11.2. The summed E-state index contributed by atoms with van der Waals surface area (Å²) in [4.78, 5) is 11.5. The Balaban J connectivity index is 1.68. The lowest BCUT2D eigenvalue weighted by Crippen LogP contribution is -2.41. The fourth-order valence-corrected chi connectivity index (χ4v) is 1.82. The van der Waals surface area contributed by atoms with Gasteiger partial charge in [0.15, 0.2) is 0 Å². The highest BCUT2D eigenvalue weighted by molar-refractivity contribution is 5.68. The Bertz CT molecular complexity index is 480. The molecule has 1 fully saturated rings. The van der Waals surface area contributed by atoms with E-state index in [-0.39, 0.29) is 12.6 Å². The van der Waals surface area contributed by atoms with Crippen LogP contribution in [0, 0.1) is 11.3 Å². The predicted molar refractivity (Wildman–Crippen MR) is 66.5 cm³/mol. The van der Waals surface area contributed by atoms with Crippen molar-refractivity contribution in [2.75, 3.05) is 0 Å². The Morgan fingerprint density at radius 1 is 1.44 bits per heavy atom. The van der Waals surface area contributed by atoms with Crippen molar-refractivity contribution < 1.29 is 9.53 Å². The van der Waals surface area contributed by atoms with Crippen molar-refractivity contribution >= 4 is 6.09 Å². The maximum Gasteiger partial charge on any atom is 0.407 e. The molecule has 18 heavy (non-hydrogen) atoms. The lowest BCUT2D eigenvalue weighted by atomic mass is 9.86. The van der Waals surface area contributed by atoms with Crippen LogP contribution in [0.25, 0.3) is 0 Å². The summed E-state index contributed by atoms with van der Waals surface area (Å²) in [7, 11) is 0. The van der Waals surface area contributed by atoms with Crippen LogP contribution < -0.4 is 5.32 Å². The van der Waals surface area contributed by atoms with Gasteiger partial charge >= 0.3 is 6.09 Å². The quantitative estimate of drug-likeness (QED) is 0.828. The monoisotopic (exact) mass is 242 g/mol. The van der Waals surface area contributed by atoms with E-state index in [1.807, 2.05) is 36.4 Å². The number of alkyl carbamates (subject to hydrolysis) is 1. The van der Waals surface area contributed by atoms with Gasteiger partial charge in [-0.2, -0.15) is 5.26 Å². The normalized spacial score (nSPS) is 17.3. The molecule has 1 N–H and O–H groups in total. The highest BCUT2D eigenvalue weighted by atomic mass is 16.5. The van der Waals surface area contributed by atoms with Crippen molar-refractivity contribution in [2.45, 2.75) is 25.5 Å². The average Bonchev–Trinajstić information content (AvgIpc) is 2.35. The summed E-state index contributed by atoms with van der Waals surface area (Å²) in [5.74, 6) is 0. The largest absolute Gasteiger partial charge is 0.445 e. The number of nitriles is 1. The van der Waals surface area contributed by atoms with E-state index in [4.69, 9.17) is 10.00 Å². The first-order chi connectivity index (χ1) is 8.78. The van der Waals surface area contributed by atoms with Crippen molar-refractivity contribution in [3.8, 4) is 6.07 Å². The lowest BCUT2D eigenvalue weighted by molar-refractivity contribution is 0.133. The van der Waals surface area contributed by atoms with Crippen molar-refractivity contribution in [1.82, 2.24) is 5.32 Å². The van der Waals surface area contributed by atoms with Crippen molar-refractivity contribution in [2.24, 2.45) is 0 Å². The molecule has 0 heterocycles. The number of ether oxygens (including phenoxy) is 1. The third kappa shape index (κ3) is 3.36. The number of carbonyl (C=O) groups excluding carboxylic acids is 1. The van der Waals surface area contributed by atoms with Crippen molar-refractivity contribution in [3.05, 3.63) is 47.5 Å². The molecule has 0 bridgehead atoms. The van der Waals surface area contributed by atoms with Crippen LogP contribution in [0.4, 0.5) is 4.79 Å². The molecule has 1 aromatic carbocycles. The van der Waals surface area contributed by atoms with Crippen LogP contribution in [0.2, 0.25) is 0 Å². The van der Waals surface area contributed by atoms with Crippen molar-refractivity contribution in [3.63, 3.8) is 0 Å². The molecule has 0 unspecified atom stereocenters. The van der Waals surface area contributed by atoms with Gasteiger partial charge in [0, 0.05) is 12.1 Å². The number of nitrogens with one attached hydrogen (secondary N) is 1. The Hall–Kier alpha value is -2.28. The van der Waals surface area contributed by atoms with Gasteiger partial charge in [-0.25, -0.2) is 4.79 Å². The Morgan fingerprint density at radius 3 is 2.83 bits per heavy atom. The van der Waals surface area contributed by atoms with Crippen LogP contribution in [-0.4, -0.2) is 12.1 Å². The van der Waals surface area contributed by atoms with Gasteiger partial charge in [-0.15, -0.1) is 0 Å². The second-order valence-corrected chi connectivity index (χ2v) is 4.24. The zero-order chi connectivity index (χ0) is 12.8. The van der Waals surface area contributed by atoms with Crippen LogP contribution in [0.1, 0.15) is 18.4 Å². The van der Waals surface area contributed by atoms with Crippen LogP contribution in [-0.2, 0) is 11.3 Å². The molecule has 1 aromatic rings. The summed E-state index contributed by atoms with van der Waals surface area (Å²) in [6.07, 6.45) is 2.62. The topological polar surface area (TPSA) is 62.1 Å². The summed E-state index contributed by atoms with van der Waals surface area (Å²) >= 11 is 0. The van der Waals surface area contributed by atoms with E-state index in [0.29, 0.717) is 0 Å². The number of benzene rings is 1. The molecule has 0 aliphatic heterocycles. The molecule has 0 saturated heterocycles. The van der Waals surface area contributed by atoms with Crippen LogP contribution in [0.5, 0.6) is 0 Å². The SMILES string of the molecule is N#CC=C1CC(NC(=O)OCc2ccccc2)C1. The second kappa shape index (κ2) is 5.87. The van der Waals surface area contributed by atoms with Gasteiger partial charge in [-0.05, 0) is 18.4 Å². The minimum absolute atomic E-state index is 0.105. The van der Waals surface area contributed by atoms with E-state index in [1.165, 1.54) is 6.08 Å². The molecule has 2 rings (SSSR count). The van der Waals surface area contributed by atoms with E-state index < -0.39 is 6.09 Å². The van der Waals surface area contributed by atoms with Gasteiger partial charge in [0.05, 0.1) is 6.07 Å². The summed E-state index contributed by atoms with van der Waals surface area (Å²) < 4.78 is 5.10. The predicted octanol–water partition coefficient (Wildman–Crippen LogP) is 2.53. The maximum atomic E-state index is 11.5. The zero-order valence-electron chi connectivity index (χ0n) is 9.93. The number of hydrogen-bond donors (Lipinski definition) is 1. The summed E-state index contributed by atoms with van der Waals surface area (Å²) in [5.41, 5.74) is 2.04. The molecule has 1 aliphatic rings. The van der Waals surface area contributed by atoms with Gasteiger partial charge in [-0.3, -0.25) is 0 Å². The highest BCUT2D eigenvalue weighted by Crippen LogP contribution is 2.25. The number of nitrogens with zero attached hydrogens (tertiary/aromatic N) is 1. The molecule has 4 heteroatoms. The Labute approximate surface area is 106 Å². The molecule has 0 spiro atoms. The molecular formula is C14H14N2O2. The molecule has 1 aliphatic carbocycles. The molecule has 0 atom stereocenters. The third-order valence-electron chi connectivity index (χ3n) is 2.82. The first-order valence-corrected chi connectivity index (χ1v) is 5.82. The molecule has 0 radical (unpaired) electrons. The fraction of sp³-hybridized carbons (Fsp3) is 0.286. The first-order valence-electron chi connectivity index (χ1n) is 5.82. The molecule has 4 nitrogen and oxygen atoms in total.